The highest BCUT2D eigenvalue weighted by molar-refractivity contribution is 6.03. The molecule has 2 aromatic rings. The largest absolute Gasteiger partial charge is 0.395 e. The van der Waals surface area contributed by atoms with Gasteiger partial charge >= 0.3 is 0 Å². The van der Waals surface area contributed by atoms with E-state index in [1.165, 1.54) is 24.6 Å². The van der Waals surface area contributed by atoms with Crippen LogP contribution in [0.25, 0.3) is 0 Å². The number of amidine groups is 1. The third-order valence-corrected chi connectivity index (χ3v) is 5.38. The molecule has 0 aliphatic carbocycles. The fourth-order valence-corrected chi connectivity index (χ4v) is 3.84. The highest BCUT2D eigenvalue weighted by Gasteiger charge is 2.21. The summed E-state index contributed by atoms with van der Waals surface area (Å²) in [4.78, 5) is 21.6. The zero-order chi connectivity index (χ0) is 21.3. The van der Waals surface area contributed by atoms with Crippen LogP contribution in [-0.2, 0) is 17.9 Å². The van der Waals surface area contributed by atoms with E-state index in [4.69, 9.17) is 0 Å². The molecular weight excluding hydrogens is 382 g/mol. The van der Waals surface area contributed by atoms with E-state index >= 15 is 0 Å². The Hall–Kier alpha value is -2.81. The summed E-state index contributed by atoms with van der Waals surface area (Å²) in [7, 11) is 1.64. The van der Waals surface area contributed by atoms with Crippen molar-refractivity contribution in [1.29, 1.82) is 0 Å². The first kappa shape index (κ1) is 21.9. The van der Waals surface area contributed by atoms with Crippen LogP contribution >= 0.6 is 0 Å². The molecule has 160 valence electrons. The number of aliphatic imine (C=N–C) groups is 1. The van der Waals surface area contributed by atoms with Gasteiger partial charge in [-0.25, -0.2) is 4.98 Å². The smallest absolute Gasteiger partial charge is 0.239 e. The molecule has 1 amide bonds. The molecule has 0 bridgehead atoms. The number of hydrogen-bond acceptors (Lipinski definition) is 6. The van der Waals surface area contributed by atoms with Crippen molar-refractivity contribution < 1.29 is 15.1 Å². The Bertz CT molecular complexity index is 873. The van der Waals surface area contributed by atoms with Crippen LogP contribution in [0.15, 0.2) is 47.6 Å². The lowest BCUT2D eigenvalue weighted by atomic mass is 10.0. The van der Waals surface area contributed by atoms with Gasteiger partial charge in [0.2, 0.25) is 6.41 Å². The molecule has 1 saturated heterocycles. The number of hydrogen-bond donors (Lipinski definition) is 3. The molecule has 3 N–H and O–H groups in total. The van der Waals surface area contributed by atoms with Gasteiger partial charge in [0.05, 0.1) is 12.2 Å². The summed E-state index contributed by atoms with van der Waals surface area (Å²) in [6.07, 6.45) is 5.19. The predicted octanol–water partition coefficient (Wildman–Crippen LogP) is 1.95. The van der Waals surface area contributed by atoms with Gasteiger partial charge < -0.3 is 10.4 Å². The molecule has 1 aliphatic heterocycles. The molecular formula is C22H29N5O3. The number of piperidine rings is 1. The summed E-state index contributed by atoms with van der Waals surface area (Å²) >= 11 is 0. The molecule has 0 saturated carbocycles. The third kappa shape index (κ3) is 5.41. The van der Waals surface area contributed by atoms with Crippen molar-refractivity contribution >= 4 is 18.1 Å². The van der Waals surface area contributed by atoms with Crippen molar-refractivity contribution in [2.75, 3.05) is 25.3 Å². The highest BCUT2D eigenvalue weighted by atomic mass is 16.5. The number of aromatic nitrogens is 1. The molecule has 1 aromatic carbocycles. The van der Waals surface area contributed by atoms with E-state index in [9.17, 15) is 15.1 Å². The second kappa shape index (κ2) is 10.8. The molecule has 3 rings (SSSR count). The number of hydroxylamine groups is 1. The van der Waals surface area contributed by atoms with Crippen LogP contribution in [0, 0.1) is 0 Å². The van der Waals surface area contributed by atoms with E-state index in [1.807, 2.05) is 12.1 Å². The number of aliphatic hydroxyl groups excluding tert-OH is 1. The Morgan fingerprint density at radius 1 is 1.33 bits per heavy atom. The predicted molar refractivity (Wildman–Crippen MR) is 115 cm³/mol. The molecule has 1 aromatic heterocycles. The van der Waals surface area contributed by atoms with Gasteiger partial charge in [-0.1, -0.05) is 30.7 Å². The second-order valence-electron chi connectivity index (χ2n) is 7.37. The standard InChI is InChI=1S/C22H29N5O3/c1-23-21(20-9-5-10-24-22(20)27(30)16-29)25-13-17-6-4-7-18(12-17)14-26-11-3-2-8-19(26)15-28/h4-7,9-10,12,16,19,28,30H,2-3,8,11,13-15H2,1H3,(H,23,25). The van der Waals surface area contributed by atoms with Gasteiger partial charge in [-0.15, -0.1) is 0 Å². The average Bonchev–Trinajstić information content (AvgIpc) is 2.80. The van der Waals surface area contributed by atoms with Crippen LogP contribution in [0.3, 0.4) is 0 Å². The number of aliphatic hydroxyl groups is 1. The topological polar surface area (TPSA) is 101 Å². The van der Waals surface area contributed by atoms with Gasteiger partial charge in [0.25, 0.3) is 0 Å². The minimum atomic E-state index is 0.120. The Labute approximate surface area is 176 Å². The van der Waals surface area contributed by atoms with Crippen LogP contribution in [0.5, 0.6) is 0 Å². The molecule has 1 aliphatic rings. The number of carbonyl (C=O) groups excluding carboxylic acids is 1. The van der Waals surface area contributed by atoms with E-state index in [0.29, 0.717) is 29.4 Å². The van der Waals surface area contributed by atoms with Crippen LogP contribution < -0.4 is 10.4 Å². The Kier molecular flexibility index (Phi) is 7.89. The average molecular weight is 412 g/mol. The number of likely N-dealkylation sites (tertiary alicyclic amines) is 1. The summed E-state index contributed by atoms with van der Waals surface area (Å²) in [6, 6.07) is 12.0. The van der Waals surface area contributed by atoms with Gasteiger partial charge in [-0.3, -0.25) is 19.9 Å². The quantitative estimate of drug-likeness (QED) is 0.202. The lowest BCUT2D eigenvalue weighted by molar-refractivity contribution is -0.111. The van der Waals surface area contributed by atoms with E-state index in [2.05, 4.69) is 32.3 Å². The number of benzene rings is 1. The summed E-state index contributed by atoms with van der Waals surface area (Å²) < 4.78 is 0. The molecule has 0 radical (unpaired) electrons. The van der Waals surface area contributed by atoms with Crippen molar-refractivity contribution in [3.63, 3.8) is 0 Å². The molecule has 0 spiro atoms. The minimum absolute atomic E-state index is 0.120. The fraction of sp³-hybridized carbons (Fsp3) is 0.409. The normalized spacial score (nSPS) is 17.6. The zero-order valence-corrected chi connectivity index (χ0v) is 17.2. The lowest BCUT2D eigenvalue weighted by Crippen LogP contribution is -2.41. The zero-order valence-electron chi connectivity index (χ0n) is 17.2. The van der Waals surface area contributed by atoms with Gasteiger partial charge in [0.1, 0.15) is 5.84 Å². The monoisotopic (exact) mass is 411 g/mol. The number of amides is 1. The Morgan fingerprint density at radius 2 is 2.17 bits per heavy atom. The summed E-state index contributed by atoms with van der Waals surface area (Å²) in [5, 5.41) is 23.1. The van der Waals surface area contributed by atoms with E-state index < -0.39 is 0 Å². The van der Waals surface area contributed by atoms with Crippen molar-refractivity contribution in [2.24, 2.45) is 4.99 Å². The molecule has 1 unspecified atom stereocenters. The summed E-state index contributed by atoms with van der Waals surface area (Å²) in [5.41, 5.74) is 2.83. The van der Waals surface area contributed by atoms with Gasteiger partial charge in [-0.2, -0.15) is 5.06 Å². The van der Waals surface area contributed by atoms with Crippen molar-refractivity contribution in [3.8, 4) is 0 Å². The number of pyridine rings is 1. The third-order valence-electron chi connectivity index (χ3n) is 5.38. The van der Waals surface area contributed by atoms with Gasteiger partial charge in [-0.05, 0) is 42.6 Å². The number of rotatable bonds is 8. The highest BCUT2D eigenvalue weighted by Crippen LogP contribution is 2.20. The first-order valence-electron chi connectivity index (χ1n) is 10.2. The molecule has 8 nitrogen and oxygen atoms in total. The number of carbonyl (C=O) groups is 1. The molecule has 2 heterocycles. The van der Waals surface area contributed by atoms with Gasteiger partial charge in [0.15, 0.2) is 5.82 Å². The lowest BCUT2D eigenvalue weighted by Gasteiger charge is -2.34. The molecule has 1 fully saturated rings. The van der Waals surface area contributed by atoms with Crippen molar-refractivity contribution in [1.82, 2.24) is 15.2 Å². The number of anilines is 1. The van der Waals surface area contributed by atoms with Crippen molar-refractivity contribution in [3.05, 3.63) is 59.3 Å². The molecule has 30 heavy (non-hydrogen) atoms. The van der Waals surface area contributed by atoms with Crippen molar-refractivity contribution in [2.45, 2.75) is 38.4 Å². The first-order chi connectivity index (χ1) is 14.7. The van der Waals surface area contributed by atoms with E-state index in [1.54, 1.807) is 19.2 Å². The van der Waals surface area contributed by atoms with Crippen LogP contribution in [0.2, 0.25) is 0 Å². The maximum absolute atomic E-state index is 10.9. The number of nitrogens with one attached hydrogen (secondary N) is 1. The maximum Gasteiger partial charge on any atom is 0.239 e. The summed E-state index contributed by atoms with van der Waals surface area (Å²) in [5.74, 6) is 0.648. The van der Waals surface area contributed by atoms with E-state index in [-0.39, 0.29) is 18.5 Å². The maximum atomic E-state index is 10.9. The minimum Gasteiger partial charge on any atom is -0.395 e. The SMILES string of the molecule is CN=C(NCc1cccc(CN2CCCCC2CO)c1)c1cccnc1N(O)C=O. The fourth-order valence-electron chi connectivity index (χ4n) is 3.84. The van der Waals surface area contributed by atoms with Crippen LogP contribution in [-0.4, -0.2) is 58.7 Å². The van der Waals surface area contributed by atoms with Crippen LogP contribution in [0.1, 0.15) is 36.0 Å². The Balaban J connectivity index is 1.68. The summed E-state index contributed by atoms with van der Waals surface area (Å²) in [6.45, 7) is 2.57. The second-order valence-corrected chi connectivity index (χ2v) is 7.37. The van der Waals surface area contributed by atoms with E-state index in [0.717, 1.165) is 25.1 Å². The molecule has 1 atom stereocenters. The van der Waals surface area contributed by atoms with Gasteiger partial charge in [0, 0.05) is 32.4 Å². The molecule has 8 heteroatoms. The first-order valence-corrected chi connectivity index (χ1v) is 10.2. The Morgan fingerprint density at radius 3 is 2.93 bits per heavy atom. The number of nitrogens with zero attached hydrogens (tertiary/aromatic N) is 4. The van der Waals surface area contributed by atoms with Crippen LogP contribution in [0.4, 0.5) is 5.82 Å².